The van der Waals surface area contributed by atoms with Crippen molar-refractivity contribution in [3.63, 3.8) is 0 Å². The Balaban J connectivity index is 1.65. The first-order valence-electron chi connectivity index (χ1n) is 7.73. The highest BCUT2D eigenvalue weighted by atomic mass is 35.5. The second-order valence-corrected chi connectivity index (χ2v) is 5.99. The minimum absolute atomic E-state index is 0.0788. The van der Waals surface area contributed by atoms with Gasteiger partial charge in [0, 0.05) is 17.2 Å². The largest absolute Gasteiger partial charge is 0.491 e. The van der Waals surface area contributed by atoms with Gasteiger partial charge in [0.1, 0.15) is 18.2 Å². The predicted molar refractivity (Wildman–Crippen MR) is 90.3 cm³/mol. The van der Waals surface area contributed by atoms with Crippen LogP contribution in [0.4, 0.5) is 10.1 Å². The summed E-state index contributed by atoms with van der Waals surface area (Å²) in [6.07, 6.45) is 2.13. The lowest BCUT2D eigenvalue weighted by Gasteiger charge is -2.12. The molecule has 2 aromatic carbocycles. The topological polar surface area (TPSA) is 47.6 Å². The van der Waals surface area contributed by atoms with E-state index >= 15 is 0 Å². The smallest absolute Gasteiger partial charge is 0.255 e. The monoisotopic (exact) mass is 349 g/mol. The van der Waals surface area contributed by atoms with E-state index in [1.807, 2.05) is 0 Å². The third-order valence-corrected chi connectivity index (χ3v) is 3.97. The Bertz CT molecular complexity index is 732. The number of benzene rings is 2. The van der Waals surface area contributed by atoms with Crippen LogP contribution in [-0.4, -0.2) is 25.2 Å². The molecule has 4 nitrogen and oxygen atoms in total. The van der Waals surface area contributed by atoms with Crippen molar-refractivity contribution in [3.05, 3.63) is 58.9 Å². The molecule has 1 atom stereocenters. The molecular weight excluding hydrogens is 333 g/mol. The Morgan fingerprint density at radius 2 is 2.21 bits per heavy atom. The van der Waals surface area contributed by atoms with Crippen LogP contribution >= 0.6 is 11.6 Å². The van der Waals surface area contributed by atoms with Gasteiger partial charge in [-0.2, -0.15) is 0 Å². The van der Waals surface area contributed by atoms with Gasteiger partial charge in [0.05, 0.1) is 11.8 Å². The van der Waals surface area contributed by atoms with Crippen LogP contribution in [0.1, 0.15) is 23.2 Å². The number of carbonyl (C=O) groups excluding carboxylic acids is 1. The number of rotatable bonds is 5. The van der Waals surface area contributed by atoms with Crippen molar-refractivity contribution in [1.82, 2.24) is 0 Å². The van der Waals surface area contributed by atoms with E-state index in [0.29, 0.717) is 17.9 Å². The maximum Gasteiger partial charge on any atom is 0.255 e. The standard InChI is InChI=1S/C18H17ClFNO3/c19-13-6-7-17(16(20)10-13)21-18(22)12-3-1-4-14(9-12)24-11-15-5-2-8-23-15/h1,3-4,6-7,9-10,15H,2,5,8,11H2,(H,21,22). The van der Waals surface area contributed by atoms with Crippen LogP contribution in [-0.2, 0) is 4.74 Å². The summed E-state index contributed by atoms with van der Waals surface area (Å²) in [6.45, 7) is 1.22. The third kappa shape index (κ3) is 4.24. The zero-order valence-corrected chi connectivity index (χ0v) is 13.7. The van der Waals surface area contributed by atoms with E-state index < -0.39 is 11.7 Å². The van der Waals surface area contributed by atoms with Gasteiger partial charge in [-0.3, -0.25) is 4.79 Å². The first-order valence-corrected chi connectivity index (χ1v) is 8.10. The average molecular weight is 350 g/mol. The number of anilines is 1. The lowest BCUT2D eigenvalue weighted by Crippen LogP contribution is -2.17. The van der Waals surface area contributed by atoms with Crippen LogP contribution in [0.25, 0.3) is 0 Å². The molecule has 0 saturated carbocycles. The summed E-state index contributed by atoms with van der Waals surface area (Å²) in [5, 5.41) is 2.80. The highest BCUT2D eigenvalue weighted by molar-refractivity contribution is 6.30. The summed E-state index contributed by atoms with van der Waals surface area (Å²) in [7, 11) is 0. The number of carbonyl (C=O) groups is 1. The van der Waals surface area contributed by atoms with Gasteiger partial charge in [0.2, 0.25) is 0 Å². The Hall–Kier alpha value is -2.11. The van der Waals surface area contributed by atoms with Crippen LogP contribution in [0.5, 0.6) is 5.75 Å². The SMILES string of the molecule is O=C(Nc1ccc(Cl)cc1F)c1cccc(OCC2CCCO2)c1. The first-order chi connectivity index (χ1) is 11.6. The summed E-state index contributed by atoms with van der Waals surface area (Å²) in [5.74, 6) is -0.421. The minimum atomic E-state index is -0.582. The van der Waals surface area contributed by atoms with E-state index in [1.165, 1.54) is 12.1 Å². The Kier molecular flexibility index (Phi) is 5.33. The molecule has 0 bridgehead atoms. The van der Waals surface area contributed by atoms with E-state index in [0.717, 1.165) is 25.5 Å². The zero-order valence-electron chi connectivity index (χ0n) is 12.9. The highest BCUT2D eigenvalue weighted by Gasteiger charge is 2.16. The molecule has 3 rings (SSSR count). The minimum Gasteiger partial charge on any atom is -0.491 e. The molecule has 1 fully saturated rings. The van der Waals surface area contributed by atoms with Crippen LogP contribution in [0.15, 0.2) is 42.5 Å². The van der Waals surface area contributed by atoms with Gasteiger partial charge in [-0.05, 0) is 49.2 Å². The molecule has 1 aliphatic heterocycles. The van der Waals surface area contributed by atoms with E-state index in [9.17, 15) is 9.18 Å². The molecular formula is C18H17ClFNO3. The lowest BCUT2D eigenvalue weighted by atomic mass is 10.2. The Labute approximate surface area is 144 Å². The van der Waals surface area contributed by atoms with Gasteiger partial charge in [0.25, 0.3) is 5.91 Å². The molecule has 1 unspecified atom stereocenters. The van der Waals surface area contributed by atoms with Gasteiger partial charge >= 0.3 is 0 Å². The predicted octanol–water partition coefficient (Wildman–Crippen LogP) is 4.29. The van der Waals surface area contributed by atoms with E-state index in [2.05, 4.69) is 5.32 Å². The number of nitrogens with one attached hydrogen (secondary N) is 1. The molecule has 2 aromatic rings. The van der Waals surface area contributed by atoms with Crippen molar-refractivity contribution in [3.8, 4) is 5.75 Å². The van der Waals surface area contributed by atoms with Gasteiger partial charge < -0.3 is 14.8 Å². The molecule has 1 saturated heterocycles. The quantitative estimate of drug-likeness (QED) is 0.876. The number of hydrogen-bond acceptors (Lipinski definition) is 3. The molecule has 1 heterocycles. The van der Waals surface area contributed by atoms with Crippen molar-refractivity contribution < 1.29 is 18.7 Å². The summed E-state index contributed by atoms with van der Waals surface area (Å²) < 4.78 is 24.9. The number of amides is 1. The van der Waals surface area contributed by atoms with Crippen LogP contribution in [0, 0.1) is 5.82 Å². The summed E-state index contributed by atoms with van der Waals surface area (Å²) in [6, 6.07) is 10.8. The summed E-state index contributed by atoms with van der Waals surface area (Å²) >= 11 is 5.70. The second kappa shape index (κ2) is 7.64. The molecule has 0 aliphatic carbocycles. The fraction of sp³-hybridized carbons (Fsp3) is 0.278. The Morgan fingerprint density at radius 3 is 2.96 bits per heavy atom. The van der Waals surface area contributed by atoms with Crippen molar-refractivity contribution in [2.24, 2.45) is 0 Å². The fourth-order valence-electron chi connectivity index (χ4n) is 2.48. The van der Waals surface area contributed by atoms with Gasteiger partial charge in [-0.1, -0.05) is 17.7 Å². The number of hydrogen-bond donors (Lipinski definition) is 1. The van der Waals surface area contributed by atoms with E-state index in [1.54, 1.807) is 24.3 Å². The van der Waals surface area contributed by atoms with Crippen LogP contribution in [0.2, 0.25) is 5.02 Å². The number of halogens is 2. The third-order valence-electron chi connectivity index (χ3n) is 3.74. The fourth-order valence-corrected chi connectivity index (χ4v) is 2.64. The average Bonchev–Trinajstić information content (AvgIpc) is 3.09. The molecule has 24 heavy (non-hydrogen) atoms. The molecule has 1 N–H and O–H groups in total. The maximum atomic E-state index is 13.8. The molecule has 1 amide bonds. The molecule has 126 valence electrons. The molecule has 6 heteroatoms. The highest BCUT2D eigenvalue weighted by Crippen LogP contribution is 2.21. The van der Waals surface area contributed by atoms with Gasteiger partial charge in [0.15, 0.2) is 0 Å². The molecule has 1 aliphatic rings. The maximum absolute atomic E-state index is 13.8. The van der Waals surface area contributed by atoms with E-state index in [-0.39, 0.29) is 16.8 Å². The van der Waals surface area contributed by atoms with Gasteiger partial charge in [-0.15, -0.1) is 0 Å². The van der Waals surface area contributed by atoms with Crippen molar-refractivity contribution in [2.75, 3.05) is 18.5 Å². The molecule has 0 spiro atoms. The first kappa shape index (κ1) is 16.7. The molecule has 0 aromatic heterocycles. The van der Waals surface area contributed by atoms with Gasteiger partial charge in [-0.25, -0.2) is 4.39 Å². The lowest BCUT2D eigenvalue weighted by molar-refractivity contribution is 0.0679. The van der Waals surface area contributed by atoms with Crippen molar-refractivity contribution in [2.45, 2.75) is 18.9 Å². The second-order valence-electron chi connectivity index (χ2n) is 5.55. The van der Waals surface area contributed by atoms with Crippen LogP contribution in [0.3, 0.4) is 0 Å². The van der Waals surface area contributed by atoms with Crippen LogP contribution < -0.4 is 10.1 Å². The summed E-state index contributed by atoms with van der Waals surface area (Å²) in [4.78, 5) is 12.3. The Morgan fingerprint density at radius 1 is 1.33 bits per heavy atom. The molecule has 0 radical (unpaired) electrons. The van der Waals surface area contributed by atoms with E-state index in [4.69, 9.17) is 21.1 Å². The van der Waals surface area contributed by atoms with Crippen molar-refractivity contribution in [1.29, 1.82) is 0 Å². The summed E-state index contributed by atoms with van der Waals surface area (Å²) in [5.41, 5.74) is 0.462. The normalized spacial score (nSPS) is 16.8. The van der Waals surface area contributed by atoms with Crippen molar-refractivity contribution >= 4 is 23.2 Å². The number of ether oxygens (including phenoxy) is 2. The zero-order chi connectivity index (χ0) is 16.9.